The van der Waals surface area contributed by atoms with Gasteiger partial charge in [0, 0.05) is 23.5 Å². The second-order valence-corrected chi connectivity index (χ2v) is 5.96. The molecule has 3 heterocycles. The average Bonchev–Trinajstić information content (AvgIpc) is 2.82. The van der Waals surface area contributed by atoms with Crippen molar-refractivity contribution in [2.24, 2.45) is 0 Å². The highest BCUT2D eigenvalue weighted by molar-refractivity contribution is 7.17. The molecule has 0 saturated carbocycles. The molecular formula is C14H16N4S. The lowest BCUT2D eigenvalue weighted by Crippen LogP contribution is -2.04. The Hall–Kier alpha value is -1.88. The van der Waals surface area contributed by atoms with Crippen LogP contribution in [0.5, 0.6) is 0 Å². The van der Waals surface area contributed by atoms with Gasteiger partial charge in [0.2, 0.25) is 0 Å². The van der Waals surface area contributed by atoms with Crippen molar-refractivity contribution in [1.82, 2.24) is 14.4 Å². The molecule has 0 fully saturated rings. The summed E-state index contributed by atoms with van der Waals surface area (Å²) >= 11 is 1.72. The number of aromatic nitrogens is 3. The zero-order valence-electron chi connectivity index (χ0n) is 11.3. The first-order chi connectivity index (χ1) is 9.13. The highest BCUT2D eigenvalue weighted by Gasteiger charge is 2.10. The topological polar surface area (TPSA) is 42.2 Å². The quantitative estimate of drug-likeness (QED) is 0.795. The molecule has 98 valence electrons. The number of pyridine rings is 1. The van der Waals surface area contributed by atoms with Gasteiger partial charge >= 0.3 is 0 Å². The van der Waals surface area contributed by atoms with Crippen LogP contribution in [0.4, 0.5) is 5.69 Å². The Labute approximate surface area is 116 Å². The fraction of sp³-hybridized carbons (Fsp3) is 0.286. The van der Waals surface area contributed by atoms with Crippen LogP contribution in [0.25, 0.3) is 4.96 Å². The van der Waals surface area contributed by atoms with Crippen LogP contribution in [0.15, 0.2) is 24.7 Å². The van der Waals surface area contributed by atoms with Crippen LogP contribution in [0.2, 0.25) is 0 Å². The number of hydrogen-bond donors (Lipinski definition) is 1. The van der Waals surface area contributed by atoms with E-state index in [4.69, 9.17) is 0 Å². The highest BCUT2D eigenvalue weighted by atomic mass is 32.1. The number of thiazole rings is 1. The Morgan fingerprint density at radius 2 is 2.11 bits per heavy atom. The molecule has 0 aliphatic heterocycles. The van der Waals surface area contributed by atoms with Crippen molar-refractivity contribution >= 4 is 22.0 Å². The molecule has 0 atom stereocenters. The number of rotatable bonds is 3. The van der Waals surface area contributed by atoms with Crippen LogP contribution in [-0.2, 0) is 6.54 Å². The van der Waals surface area contributed by atoms with Crippen molar-refractivity contribution < 1.29 is 0 Å². The number of anilines is 1. The van der Waals surface area contributed by atoms with Crippen LogP contribution >= 0.6 is 11.3 Å². The van der Waals surface area contributed by atoms with Crippen molar-refractivity contribution in [3.8, 4) is 0 Å². The van der Waals surface area contributed by atoms with Gasteiger partial charge in [-0.2, -0.15) is 0 Å². The lowest BCUT2D eigenvalue weighted by Gasteiger charge is -2.06. The van der Waals surface area contributed by atoms with E-state index in [0.717, 1.165) is 28.5 Å². The molecule has 0 aliphatic rings. The van der Waals surface area contributed by atoms with Crippen molar-refractivity contribution in [2.45, 2.75) is 27.3 Å². The fourth-order valence-corrected chi connectivity index (χ4v) is 3.05. The van der Waals surface area contributed by atoms with Crippen LogP contribution in [0.3, 0.4) is 0 Å². The third-order valence-corrected chi connectivity index (χ3v) is 3.97. The molecule has 3 rings (SSSR count). The molecule has 0 amide bonds. The third-order valence-electron chi connectivity index (χ3n) is 3.08. The number of imidazole rings is 1. The maximum atomic E-state index is 4.59. The maximum absolute atomic E-state index is 4.59. The summed E-state index contributed by atoms with van der Waals surface area (Å²) in [7, 11) is 0. The number of aryl methyl sites for hydroxylation is 3. The summed E-state index contributed by atoms with van der Waals surface area (Å²) in [5, 5.41) is 3.41. The minimum absolute atomic E-state index is 0.758. The summed E-state index contributed by atoms with van der Waals surface area (Å²) in [5.74, 6) is 0. The van der Waals surface area contributed by atoms with E-state index >= 15 is 0 Å². The van der Waals surface area contributed by atoms with E-state index in [1.54, 1.807) is 11.3 Å². The molecule has 19 heavy (non-hydrogen) atoms. The molecule has 0 radical (unpaired) electrons. The monoisotopic (exact) mass is 272 g/mol. The molecule has 0 spiro atoms. The molecule has 0 unspecified atom stereocenters. The van der Waals surface area contributed by atoms with Gasteiger partial charge in [0.05, 0.1) is 23.6 Å². The van der Waals surface area contributed by atoms with Gasteiger partial charge in [-0.1, -0.05) is 0 Å². The second kappa shape index (κ2) is 4.66. The van der Waals surface area contributed by atoms with Gasteiger partial charge in [0.25, 0.3) is 0 Å². The van der Waals surface area contributed by atoms with Crippen molar-refractivity contribution in [2.75, 3.05) is 5.32 Å². The first-order valence-electron chi connectivity index (χ1n) is 6.23. The number of nitrogens with zero attached hydrogens (tertiary/aromatic N) is 3. The summed E-state index contributed by atoms with van der Waals surface area (Å²) in [5.41, 5.74) is 4.49. The van der Waals surface area contributed by atoms with Crippen molar-refractivity contribution in [3.05, 3.63) is 46.5 Å². The molecule has 0 aromatic carbocycles. The molecule has 1 N–H and O–H groups in total. The summed E-state index contributed by atoms with van der Waals surface area (Å²) in [6, 6.07) is 2.10. The van der Waals surface area contributed by atoms with Crippen LogP contribution in [0, 0.1) is 20.8 Å². The standard InChI is InChI=1S/C14H16N4S/c1-9-4-12(6-15-5-9)16-7-13-11(3)17-14-18(13)8-10(2)19-14/h4-6,8,16H,7H2,1-3H3. The predicted octanol–water partition coefficient (Wildman–Crippen LogP) is 3.33. The molecule has 3 aromatic rings. The van der Waals surface area contributed by atoms with Crippen molar-refractivity contribution in [3.63, 3.8) is 0 Å². The van der Waals surface area contributed by atoms with Gasteiger partial charge in [-0.05, 0) is 32.4 Å². The molecule has 5 heteroatoms. The zero-order chi connectivity index (χ0) is 13.4. The predicted molar refractivity (Wildman–Crippen MR) is 78.8 cm³/mol. The second-order valence-electron chi connectivity index (χ2n) is 4.74. The van der Waals surface area contributed by atoms with Gasteiger partial charge in [-0.3, -0.25) is 9.38 Å². The summed E-state index contributed by atoms with van der Waals surface area (Å²) in [6.07, 6.45) is 5.85. The largest absolute Gasteiger partial charge is 0.378 e. The molecule has 3 aromatic heterocycles. The van der Waals surface area contributed by atoms with Gasteiger partial charge in [-0.25, -0.2) is 4.98 Å². The lowest BCUT2D eigenvalue weighted by atomic mass is 10.3. The molecular weight excluding hydrogens is 256 g/mol. The molecule has 0 aliphatic carbocycles. The van der Waals surface area contributed by atoms with E-state index in [-0.39, 0.29) is 0 Å². The number of hydrogen-bond acceptors (Lipinski definition) is 4. The number of fused-ring (bicyclic) bond motifs is 1. The van der Waals surface area contributed by atoms with Crippen LogP contribution < -0.4 is 5.32 Å². The molecule has 4 nitrogen and oxygen atoms in total. The van der Waals surface area contributed by atoms with E-state index in [2.05, 4.69) is 45.8 Å². The average molecular weight is 272 g/mol. The Balaban J connectivity index is 1.87. The van der Waals surface area contributed by atoms with Gasteiger partial charge in [-0.15, -0.1) is 11.3 Å². The van der Waals surface area contributed by atoms with Gasteiger partial charge in [0.15, 0.2) is 4.96 Å². The Morgan fingerprint density at radius 3 is 2.89 bits per heavy atom. The van der Waals surface area contributed by atoms with Crippen molar-refractivity contribution in [1.29, 1.82) is 0 Å². The van der Waals surface area contributed by atoms with E-state index in [1.807, 2.05) is 19.3 Å². The third kappa shape index (κ3) is 2.33. The minimum Gasteiger partial charge on any atom is -0.378 e. The van der Waals surface area contributed by atoms with E-state index in [1.165, 1.54) is 10.6 Å². The maximum Gasteiger partial charge on any atom is 0.194 e. The molecule has 0 bridgehead atoms. The summed E-state index contributed by atoms with van der Waals surface area (Å²) < 4.78 is 2.17. The Kier molecular flexibility index (Phi) is 2.98. The van der Waals surface area contributed by atoms with E-state index in [0.29, 0.717) is 0 Å². The van der Waals surface area contributed by atoms with Crippen LogP contribution in [0.1, 0.15) is 21.8 Å². The van der Waals surface area contributed by atoms with Gasteiger partial charge < -0.3 is 5.32 Å². The van der Waals surface area contributed by atoms with Crippen LogP contribution in [-0.4, -0.2) is 14.4 Å². The normalized spacial score (nSPS) is 11.1. The zero-order valence-corrected chi connectivity index (χ0v) is 12.1. The lowest BCUT2D eigenvalue weighted by molar-refractivity contribution is 0.988. The first kappa shape index (κ1) is 12.2. The minimum atomic E-state index is 0.758. The summed E-state index contributed by atoms with van der Waals surface area (Å²) in [4.78, 5) is 11.1. The van der Waals surface area contributed by atoms with E-state index < -0.39 is 0 Å². The van der Waals surface area contributed by atoms with Gasteiger partial charge in [0.1, 0.15) is 0 Å². The Morgan fingerprint density at radius 1 is 1.26 bits per heavy atom. The summed E-state index contributed by atoms with van der Waals surface area (Å²) in [6.45, 7) is 6.97. The Bertz CT molecular complexity index is 726. The first-order valence-corrected chi connectivity index (χ1v) is 7.04. The SMILES string of the molecule is Cc1cncc(NCc2c(C)nc3sc(C)cn23)c1. The van der Waals surface area contributed by atoms with E-state index in [9.17, 15) is 0 Å². The smallest absolute Gasteiger partial charge is 0.194 e. The fourth-order valence-electron chi connectivity index (χ4n) is 2.16. The highest BCUT2D eigenvalue weighted by Crippen LogP contribution is 2.21. The number of nitrogens with one attached hydrogen (secondary N) is 1. The molecule has 0 saturated heterocycles.